The molecule has 0 spiro atoms. The third-order valence-electron chi connectivity index (χ3n) is 3.11. The van der Waals surface area contributed by atoms with Gasteiger partial charge in [0.25, 0.3) is 0 Å². The zero-order valence-corrected chi connectivity index (χ0v) is 10.4. The van der Waals surface area contributed by atoms with Crippen LogP contribution < -0.4 is 10.2 Å². The molecular formula is C12H16ClFN2. The van der Waals surface area contributed by atoms with Crippen molar-refractivity contribution in [2.75, 3.05) is 31.1 Å². The lowest BCUT2D eigenvalue weighted by atomic mass is 10.1. The summed E-state index contributed by atoms with van der Waals surface area (Å²) in [4.78, 5) is 2.20. The first-order valence-electron chi connectivity index (χ1n) is 5.52. The van der Waals surface area contributed by atoms with Gasteiger partial charge < -0.3 is 10.2 Å². The molecule has 1 aromatic carbocycles. The molecule has 1 aromatic rings. The van der Waals surface area contributed by atoms with Gasteiger partial charge in [0, 0.05) is 42.5 Å². The number of nitrogens with zero attached hydrogens (tertiary/aromatic N) is 1. The molecule has 2 nitrogen and oxygen atoms in total. The van der Waals surface area contributed by atoms with Gasteiger partial charge >= 0.3 is 0 Å². The summed E-state index contributed by atoms with van der Waals surface area (Å²) >= 11 is 6.03. The molecule has 1 N–H and O–H groups in total. The van der Waals surface area contributed by atoms with Crippen molar-refractivity contribution in [3.8, 4) is 0 Å². The largest absolute Gasteiger partial charge is 0.368 e. The third-order valence-corrected chi connectivity index (χ3v) is 3.51. The predicted molar refractivity (Wildman–Crippen MR) is 66.0 cm³/mol. The Balaban J connectivity index is 2.45. The van der Waals surface area contributed by atoms with E-state index in [1.165, 1.54) is 6.07 Å². The Morgan fingerprint density at radius 1 is 1.25 bits per heavy atom. The molecule has 0 unspecified atom stereocenters. The Morgan fingerprint density at radius 2 is 1.88 bits per heavy atom. The fourth-order valence-electron chi connectivity index (χ4n) is 2.20. The first kappa shape index (κ1) is 11.7. The second kappa shape index (κ2) is 4.60. The van der Waals surface area contributed by atoms with Crippen LogP contribution in [0.1, 0.15) is 11.1 Å². The summed E-state index contributed by atoms with van der Waals surface area (Å²) in [5.41, 5.74) is 2.64. The number of nitrogens with one attached hydrogen (secondary N) is 1. The van der Waals surface area contributed by atoms with Crippen molar-refractivity contribution < 1.29 is 4.39 Å². The summed E-state index contributed by atoms with van der Waals surface area (Å²) in [6.07, 6.45) is 0. The van der Waals surface area contributed by atoms with Crippen molar-refractivity contribution >= 4 is 17.3 Å². The maximum absolute atomic E-state index is 13.6. The lowest BCUT2D eigenvalue weighted by Gasteiger charge is -2.32. The molecule has 0 radical (unpaired) electrons. The first-order valence-corrected chi connectivity index (χ1v) is 5.90. The van der Waals surface area contributed by atoms with Crippen molar-refractivity contribution in [1.82, 2.24) is 5.32 Å². The van der Waals surface area contributed by atoms with Gasteiger partial charge in [0.15, 0.2) is 0 Å². The van der Waals surface area contributed by atoms with Crippen LogP contribution in [0.3, 0.4) is 0 Å². The highest BCUT2D eigenvalue weighted by Crippen LogP contribution is 2.32. The average molecular weight is 243 g/mol. The van der Waals surface area contributed by atoms with Crippen molar-refractivity contribution in [2.45, 2.75) is 13.8 Å². The van der Waals surface area contributed by atoms with E-state index in [0.717, 1.165) is 37.4 Å². The monoisotopic (exact) mass is 242 g/mol. The Kier molecular flexibility index (Phi) is 3.36. The van der Waals surface area contributed by atoms with Gasteiger partial charge in [-0.15, -0.1) is 0 Å². The van der Waals surface area contributed by atoms with Crippen molar-refractivity contribution in [1.29, 1.82) is 0 Å². The maximum atomic E-state index is 13.6. The fraction of sp³-hybridized carbons (Fsp3) is 0.500. The highest BCUT2D eigenvalue weighted by molar-refractivity contribution is 6.31. The molecule has 0 bridgehead atoms. The van der Waals surface area contributed by atoms with E-state index >= 15 is 0 Å². The Morgan fingerprint density at radius 3 is 2.50 bits per heavy atom. The Bertz CT molecular complexity index is 374. The molecule has 1 heterocycles. The number of benzene rings is 1. The van der Waals surface area contributed by atoms with E-state index in [4.69, 9.17) is 11.6 Å². The quantitative estimate of drug-likeness (QED) is 0.814. The third kappa shape index (κ3) is 2.02. The standard InChI is InChI=1S/C12H16ClFN2/c1-8-10(13)7-11(14)9(2)12(8)16-5-3-15-4-6-16/h7,15H,3-6H2,1-2H3. The van der Waals surface area contributed by atoms with Crippen LogP contribution in [0.15, 0.2) is 6.07 Å². The molecule has 16 heavy (non-hydrogen) atoms. The molecule has 0 atom stereocenters. The van der Waals surface area contributed by atoms with Gasteiger partial charge in [-0.25, -0.2) is 4.39 Å². The minimum atomic E-state index is -0.218. The lowest BCUT2D eigenvalue weighted by Crippen LogP contribution is -2.44. The topological polar surface area (TPSA) is 15.3 Å². The SMILES string of the molecule is Cc1c(F)cc(Cl)c(C)c1N1CCNCC1. The number of hydrogen-bond acceptors (Lipinski definition) is 2. The van der Waals surface area contributed by atoms with E-state index in [1.54, 1.807) is 0 Å². The number of hydrogen-bond donors (Lipinski definition) is 1. The molecular weight excluding hydrogens is 227 g/mol. The van der Waals surface area contributed by atoms with Crippen LogP contribution in [-0.2, 0) is 0 Å². The minimum Gasteiger partial charge on any atom is -0.368 e. The van der Waals surface area contributed by atoms with E-state index in [2.05, 4.69) is 10.2 Å². The molecule has 88 valence electrons. The van der Waals surface area contributed by atoms with Gasteiger partial charge in [0.05, 0.1) is 0 Å². The second-order valence-electron chi connectivity index (χ2n) is 4.18. The molecule has 1 fully saturated rings. The first-order chi connectivity index (χ1) is 7.61. The summed E-state index contributed by atoms with van der Waals surface area (Å²) < 4.78 is 13.6. The highest BCUT2D eigenvalue weighted by atomic mass is 35.5. The summed E-state index contributed by atoms with van der Waals surface area (Å²) in [6, 6.07) is 1.40. The van der Waals surface area contributed by atoms with Crippen LogP contribution in [0.2, 0.25) is 5.02 Å². The van der Waals surface area contributed by atoms with Crippen molar-refractivity contribution in [3.63, 3.8) is 0 Å². The molecule has 0 aliphatic carbocycles. The minimum absolute atomic E-state index is 0.218. The number of anilines is 1. The summed E-state index contributed by atoms with van der Waals surface area (Å²) in [5, 5.41) is 3.79. The van der Waals surface area contributed by atoms with Gasteiger partial charge in [0.2, 0.25) is 0 Å². The highest BCUT2D eigenvalue weighted by Gasteiger charge is 2.18. The Labute approximate surface area is 100 Å². The molecule has 4 heteroatoms. The molecule has 0 amide bonds. The van der Waals surface area contributed by atoms with Crippen LogP contribution >= 0.6 is 11.6 Å². The van der Waals surface area contributed by atoms with Gasteiger partial charge in [-0.05, 0) is 25.5 Å². The lowest BCUT2D eigenvalue weighted by molar-refractivity contribution is 0.580. The van der Waals surface area contributed by atoms with Crippen LogP contribution in [0.5, 0.6) is 0 Å². The van der Waals surface area contributed by atoms with Crippen LogP contribution in [0.4, 0.5) is 10.1 Å². The summed E-state index contributed by atoms with van der Waals surface area (Å²) in [6.45, 7) is 7.45. The van der Waals surface area contributed by atoms with E-state index in [-0.39, 0.29) is 5.82 Å². The fourth-order valence-corrected chi connectivity index (χ4v) is 2.38. The predicted octanol–water partition coefficient (Wildman–Crippen LogP) is 2.51. The van der Waals surface area contributed by atoms with Crippen LogP contribution in [0, 0.1) is 19.7 Å². The second-order valence-corrected chi connectivity index (χ2v) is 4.58. The van der Waals surface area contributed by atoms with E-state index in [9.17, 15) is 4.39 Å². The van der Waals surface area contributed by atoms with Crippen LogP contribution in [-0.4, -0.2) is 26.2 Å². The normalized spacial score (nSPS) is 16.6. The maximum Gasteiger partial charge on any atom is 0.129 e. The molecule has 2 rings (SSSR count). The summed E-state index contributed by atoms with van der Waals surface area (Å²) in [7, 11) is 0. The molecule has 1 saturated heterocycles. The number of piperazine rings is 1. The zero-order chi connectivity index (χ0) is 11.7. The molecule has 0 saturated carbocycles. The van der Waals surface area contributed by atoms with Crippen LogP contribution in [0.25, 0.3) is 0 Å². The van der Waals surface area contributed by atoms with E-state index in [1.807, 2.05) is 13.8 Å². The van der Waals surface area contributed by atoms with Crippen molar-refractivity contribution in [2.24, 2.45) is 0 Å². The molecule has 1 aliphatic rings. The Hall–Kier alpha value is -0.800. The number of rotatable bonds is 1. The molecule has 1 aliphatic heterocycles. The summed E-state index contributed by atoms with van der Waals surface area (Å²) in [5.74, 6) is -0.218. The van der Waals surface area contributed by atoms with Gasteiger partial charge in [0.1, 0.15) is 5.82 Å². The van der Waals surface area contributed by atoms with E-state index in [0.29, 0.717) is 10.6 Å². The molecule has 0 aromatic heterocycles. The van der Waals surface area contributed by atoms with E-state index < -0.39 is 0 Å². The zero-order valence-electron chi connectivity index (χ0n) is 9.61. The number of halogens is 2. The average Bonchev–Trinajstić information content (AvgIpc) is 2.28. The van der Waals surface area contributed by atoms with Crippen molar-refractivity contribution in [3.05, 3.63) is 28.0 Å². The van der Waals surface area contributed by atoms with Gasteiger partial charge in [-0.1, -0.05) is 11.6 Å². The smallest absolute Gasteiger partial charge is 0.129 e. The van der Waals surface area contributed by atoms with Gasteiger partial charge in [-0.2, -0.15) is 0 Å². The van der Waals surface area contributed by atoms with Gasteiger partial charge in [-0.3, -0.25) is 0 Å².